The average molecular weight is 235 g/mol. The normalized spacial score (nSPS) is 12.5. The maximum Gasteiger partial charge on any atom is 0.327 e. The van der Waals surface area contributed by atoms with Crippen molar-refractivity contribution >= 4 is 5.97 Å². The van der Waals surface area contributed by atoms with Crippen molar-refractivity contribution in [3.8, 4) is 0 Å². The van der Waals surface area contributed by atoms with E-state index in [9.17, 15) is 4.79 Å². The van der Waals surface area contributed by atoms with Crippen LogP contribution in [0.15, 0.2) is 30.3 Å². The van der Waals surface area contributed by atoms with Gasteiger partial charge >= 0.3 is 5.97 Å². The second-order valence-electron chi connectivity index (χ2n) is 4.20. The Bertz CT molecular complexity index is 333. The van der Waals surface area contributed by atoms with E-state index in [0.717, 1.165) is 18.4 Å². The minimum absolute atomic E-state index is 0.344. The van der Waals surface area contributed by atoms with Gasteiger partial charge in [0.25, 0.3) is 0 Å². The molecule has 0 saturated heterocycles. The third-order valence-electron chi connectivity index (χ3n) is 3.03. The van der Waals surface area contributed by atoms with Gasteiger partial charge in [-0.3, -0.25) is 0 Å². The fourth-order valence-electron chi connectivity index (χ4n) is 1.61. The van der Waals surface area contributed by atoms with Crippen LogP contribution in [0, 0.1) is 5.92 Å². The summed E-state index contributed by atoms with van der Waals surface area (Å²) < 4.78 is 5.24. The molecule has 0 aromatic heterocycles. The quantitative estimate of drug-likeness (QED) is 0.771. The molecule has 0 bridgehead atoms. The van der Waals surface area contributed by atoms with Crippen molar-refractivity contribution < 1.29 is 9.53 Å². The molecule has 1 rings (SSSR count). The molecule has 3 heteroatoms. The highest BCUT2D eigenvalue weighted by atomic mass is 16.5. The van der Waals surface area contributed by atoms with Gasteiger partial charge in [0.05, 0.1) is 6.61 Å². The molecule has 2 N–H and O–H groups in total. The van der Waals surface area contributed by atoms with Crippen molar-refractivity contribution in [2.75, 3.05) is 6.61 Å². The van der Waals surface area contributed by atoms with E-state index in [0.29, 0.717) is 12.5 Å². The Morgan fingerprint density at radius 2 is 1.82 bits per heavy atom. The van der Waals surface area contributed by atoms with Crippen molar-refractivity contribution in [3.05, 3.63) is 35.9 Å². The SMILES string of the molecule is CCC(CC)COC(=O)[C@@H](N)c1ccccc1. The van der Waals surface area contributed by atoms with Crippen LogP contribution in [0.1, 0.15) is 38.3 Å². The number of nitrogens with two attached hydrogens (primary N) is 1. The lowest BCUT2D eigenvalue weighted by atomic mass is 10.1. The van der Waals surface area contributed by atoms with E-state index in [2.05, 4.69) is 13.8 Å². The number of hydrogen-bond acceptors (Lipinski definition) is 3. The summed E-state index contributed by atoms with van der Waals surface area (Å²) >= 11 is 0. The first-order valence-electron chi connectivity index (χ1n) is 6.16. The second kappa shape index (κ2) is 7.07. The molecule has 0 amide bonds. The van der Waals surface area contributed by atoms with Crippen LogP contribution in [0.4, 0.5) is 0 Å². The van der Waals surface area contributed by atoms with E-state index >= 15 is 0 Å². The molecule has 17 heavy (non-hydrogen) atoms. The van der Waals surface area contributed by atoms with E-state index in [1.807, 2.05) is 30.3 Å². The summed E-state index contributed by atoms with van der Waals surface area (Å²) in [5.74, 6) is 0.0880. The molecule has 0 heterocycles. The Balaban J connectivity index is 2.48. The minimum Gasteiger partial charge on any atom is -0.464 e. The third-order valence-corrected chi connectivity index (χ3v) is 3.03. The summed E-state index contributed by atoms with van der Waals surface area (Å²) in [6.45, 7) is 4.66. The summed E-state index contributed by atoms with van der Waals surface area (Å²) in [5, 5.41) is 0. The summed E-state index contributed by atoms with van der Waals surface area (Å²) in [7, 11) is 0. The zero-order valence-electron chi connectivity index (χ0n) is 10.6. The Morgan fingerprint density at radius 1 is 1.24 bits per heavy atom. The van der Waals surface area contributed by atoms with E-state index in [4.69, 9.17) is 10.5 Å². The van der Waals surface area contributed by atoms with Gasteiger partial charge in [0.15, 0.2) is 0 Å². The molecule has 0 fully saturated rings. The van der Waals surface area contributed by atoms with E-state index in [1.165, 1.54) is 0 Å². The Hall–Kier alpha value is -1.35. The number of carbonyl (C=O) groups is 1. The lowest BCUT2D eigenvalue weighted by Crippen LogP contribution is -2.25. The molecule has 1 aromatic carbocycles. The molecule has 94 valence electrons. The molecule has 0 radical (unpaired) electrons. The molecule has 0 aliphatic rings. The molecule has 0 aliphatic carbocycles. The second-order valence-corrected chi connectivity index (χ2v) is 4.20. The van der Waals surface area contributed by atoms with Crippen LogP contribution in [0.3, 0.4) is 0 Å². The number of benzene rings is 1. The molecular formula is C14H21NO2. The van der Waals surface area contributed by atoms with Crippen LogP contribution in [0.5, 0.6) is 0 Å². The van der Waals surface area contributed by atoms with Gasteiger partial charge in [0.2, 0.25) is 0 Å². The Morgan fingerprint density at radius 3 is 2.35 bits per heavy atom. The third kappa shape index (κ3) is 4.19. The lowest BCUT2D eigenvalue weighted by Gasteiger charge is -2.15. The minimum atomic E-state index is -0.675. The zero-order valence-corrected chi connectivity index (χ0v) is 10.6. The predicted molar refractivity (Wildman–Crippen MR) is 68.4 cm³/mol. The summed E-state index contributed by atoms with van der Waals surface area (Å²) in [6, 6.07) is 8.62. The van der Waals surface area contributed by atoms with Crippen LogP contribution in [0.25, 0.3) is 0 Å². The van der Waals surface area contributed by atoms with Crippen molar-refractivity contribution in [2.45, 2.75) is 32.7 Å². The lowest BCUT2D eigenvalue weighted by molar-refractivity contribution is -0.146. The van der Waals surface area contributed by atoms with Gasteiger partial charge in [0, 0.05) is 0 Å². The first-order chi connectivity index (χ1) is 8.19. The summed E-state index contributed by atoms with van der Waals surface area (Å²) in [5.41, 5.74) is 6.63. The van der Waals surface area contributed by atoms with Gasteiger partial charge in [0.1, 0.15) is 6.04 Å². The molecule has 0 saturated carbocycles. The average Bonchev–Trinajstić information content (AvgIpc) is 2.39. The molecule has 0 spiro atoms. The Kier molecular flexibility index (Phi) is 5.70. The number of ether oxygens (including phenoxy) is 1. The van der Waals surface area contributed by atoms with Crippen LogP contribution >= 0.6 is 0 Å². The highest BCUT2D eigenvalue weighted by molar-refractivity contribution is 5.77. The van der Waals surface area contributed by atoms with Crippen molar-refractivity contribution in [1.82, 2.24) is 0 Å². The summed E-state index contributed by atoms with van der Waals surface area (Å²) in [4.78, 5) is 11.7. The molecule has 1 atom stereocenters. The van der Waals surface area contributed by atoms with Crippen LogP contribution in [-0.4, -0.2) is 12.6 Å². The fraction of sp³-hybridized carbons (Fsp3) is 0.500. The molecule has 0 aliphatic heterocycles. The number of hydrogen-bond donors (Lipinski definition) is 1. The monoisotopic (exact) mass is 235 g/mol. The van der Waals surface area contributed by atoms with Crippen LogP contribution in [0.2, 0.25) is 0 Å². The summed E-state index contributed by atoms with van der Waals surface area (Å²) in [6.07, 6.45) is 2.04. The smallest absolute Gasteiger partial charge is 0.327 e. The largest absolute Gasteiger partial charge is 0.464 e. The Labute approximate surface area is 103 Å². The van der Waals surface area contributed by atoms with Gasteiger partial charge in [-0.1, -0.05) is 57.0 Å². The van der Waals surface area contributed by atoms with E-state index in [-0.39, 0.29) is 5.97 Å². The number of rotatable bonds is 6. The highest BCUT2D eigenvalue weighted by Gasteiger charge is 2.18. The van der Waals surface area contributed by atoms with Gasteiger partial charge in [-0.15, -0.1) is 0 Å². The van der Waals surface area contributed by atoms with Gasteiger partial charge < -0.3 is 10.5 Å². The highest BCUT2D eigenvalue weighted by Crippen LogP contribution is 2.13. The zero-order chi connectivity index (χ0) is 12.7. The topological polar surface area (TPSA) is 52.3 Å². The van der Waals surface area contributed by atoms with E-state index < -0.39 is 6.04 Å². The number of carbonyl (C=O) groups excluding carboxylic acids is 1. The van der Waals surface area contributed by atoms with Crippen LogP contribution in [-0.2, 0) is 9.53 Å². The number of esters is 1. The van der Waals surface area contributed by atoms with Crippen LogP contribution < -0.4 is 5.73 Å². The van der Waals surface area contributed by atoms with Gasteiger partial charge in [-0.25, -0.2) is 4.79 Å². The van der Waals surface area contributed by atoms with E-state index in [1.54, 1.807) is 0 Å². The standard InChI is InChI=1S/C14H21NO2/c1-3-11(4-2)10-17-14(16)13(15)12-8-6-5-7-9-12/h5-9,11,13H,3-4,10,15H2,1-2H3/t13-/m0/s1. The van der Waals surface area contributed by atoms with Crippen molar-refractivity contribution in [2.24, 2.45) is 11.7 Å². The first-order valence-corrected chi connectivity index (χ1v) is 6.16. The van der Waals surface area contributed by atoms with Crippen molar-refractivity contribution in [3.63, 3.8) is 0 Å². The van der Waals surface area contributed by atoms with Gasteiger partial charge in [-0.2, -0.15) is 0 Å². The first kappa shape index (κ1) is 13.7. The molecule has 1 aromatic rings. The molecule has 3 nitrogen and oxygen atoms in total. The predicted octanol–water partition coefficient (Wildman–Crippen LogP) is 2.67. The van der Waals surface area contributed by atoms with Gasteiger partial charge in [-0.05, 0) is 11.5 Å². The molecule has 0 unspecified atom stereocenters. The molecular weight excluding hydrogens is 214 g/mol. The maximum atomic E-state index is 11.7. The maximum absolute atomic E-state index is 11.7. The van der Waals surface area contributed by atoms with Crippen molar-refractivity contribution in [1.29, 1.82) is 0 Å². The fourth-order valence-corrected chi connectivity index (χ4v) is 1.61.